The third kappa shape index (κ3) is 1.78. The largest absolute Gasteiger partial charge is 0.393 e. The Morgan fingerprint density at radius 1 is 1.14 bits per heavy atom. The maximum Gasteiger partial charge on any atom is 0.155 e. The Morgan fingerprint density at radius 2 is 1.91 bits per heavy atom. The van der Waals surface area contributed by atoms with E-state index in [9.17, 15) is 15.0 Å². The molecule has 3 heteroatoms. The summed E-state index contributed by atoms with van der Waals surface area (Å²) >= 11 is 0. The Hall–Kier alpha value is -0.670. The summed E-state index contributed by atoms with van der Waals surface area (Å²) in [6.45, 7) is 4.46. The van der Waals surface area contributed by atoms with Crippen molar-refractivity contribution in [2.24, 2.45) is 28.6 Å². The maximum atomic E-state index is 11.8. The van der Waals surface area contributed by atoms with Gasteiger partial charge < -0.3 is 10.2 Å². The van der Waals surface area contributed by atoms with Crippen molar-refractivity contribution < 1.29 is 15.0 Å². The molecule has 0 heterocycles. The van der Waals surface area contributed by atoms with Gasteiger partial charge in [-0.05, 0) is 73.2 Å². The molecule has 0 unspecified atom stereocenters. The van der Waals surface area contributed by atoms with Crippen molar-refractivity contribution in [1.29, 1.82) is 0 Å². The SMILES string of the molecule is C[C@]12C[C@@H](O)[C@@H]3[C@H](CCC4=CC(=O)CC[C@@]43C)[C@@H]1CC[C@@H]2O. The van der Waals surface area contributed by atoms with Gasteiger partial charge in [0.1, 0.15) is 0 Å². The van der Waals surface area contributed by atoms with Gasteiger partial charge in [-0.15, -0.1) is 0 Å². The van der Waals surface area contributed by atoms with Gasteiger partial charge in [0.2, 0.25) is 0 Å². The third-order valence-electron chi connectivity index (χ3n) is 7.84. The van der Waals surface area contributed by atoms with Gasteiger partial charge in [-0.2, -0.15) is 0 Å². The molecule has 0 saturated heterocycles. The summed E-state index contributed by atoms with van der Waals surface area (Å²) in [6, 6.07) is 0. The van der Waals surface area contributed by atoms with Crippen molar-refractivity contribution in [2.75, 3.05) is 0 Å². The van der Waals surface area contributed by atoms with E-state index in [-0.39, 0.29) is 34.7 Å². The molecular formula is C19H28O3. The van der Waals surface area contributed by atoms with E-state index < -0.39 is 0 Å². The molecule has 0 bridgehead atoms. The van der Waals surface area contributed by atoms with Crippen LogP contribution in [0.4, 0.5) is 0 Å². The molecule has 3 nitrogen and oxygen atoms in total. The number of carbonyl (C=O) groups excluding carboxylic acids is 1. The molecule has 4 aliphatic carbocycles. The minimum Gasteiger partial charge on any atom is -0.393 e. The molecule has 3 fully saturated rings. The number of carbonyl (C=O) groups is 1. The molecule has 0 amide bonds. The number of aliphatic hydroxyl groups is 2. The number of allylic oxidation sites excluding steroid dienone is 1. The highest BCUT2D eigenvalue weighted by Crippen LogP contribution is 2.65. The van der Waals surface area contributed by atoms with Crippen LogP contribution >= 0.6 is 0 Å². The molecule has 122 valence electrons. The van der Waals surface area contributed by atoms with Crippen molar-refractivity contribution in [3.63, 3.8) is 0 Å². The highest BCUT2D eigenvalue weighted by Gasteiger charge is 2.61. The van der Waals surface area contributed by atoms with Crippen LogP contribution in [0.15, 0.2) is 11.6 Å². The number of rotatable bonds is 0. The molecule has 0 aromatic carbocycles. The Bertz CT molecular complexity index is 539. The highest BCUT2D eigenvalue weighted by molar-refractivity contribution is 5.91. The van der Waals surface area contributed by atoms with Crippen LogP contribution in [-0.2, 0) is 4.79 Å². The van der Waals surface area contributed by atoms with Crippen LogP contribution in [0.3, 0.4) is 0 Å². The van der Waals surface area contributed by atoms with Crippen molar-refractivity contribution in [1.82, 2.24) is 0 Å². The monoisotopic (exact) mass is 304 g/mol. The molecule has 2 N–H and O–H groups in total. The van der Waals surface area contributed by atoms with E-state index in [0.717, 1.165) is 38.5 Å². The first-order chi connectivity index (χ1) is 10.4. The molecule has 0 aromatic heterocycles. The number of ketones is 1. The van der Waals surface area contributed by atoms with Gasteiger partial charge in [0.25, 0.3) is 0 Å². The molecular weight excluding hydrogens is 276 g/mol. The second-order valence-corrected chi connectivity index (χ2v) is 8.76. The molecule has 3 saturated carbocycles. The fourth-order valence-electron chi connectivity index (χ4n) is 6.66. The quantitative estimate of drug-likeness (QED) is 0.723. The highest BCUT2D eigenvalue weighted by atomic mass is 16.3. The lowest BCUT2D eigenvalue weighted by atomic mass is 9.46. The van der Waals surface area contributed by atoms with Crippen LogP contribution in [0.25, 0.3) is 0 Å². The minimum absolute atomic E-state index is 0.00881. The Kier molecular flexibility index (Phi) is 3.16. The number of hydrogen-bond donors (Lipinski definition) is 2. The van der Waals surface area contributed by atoms with Gasteiger partial charge in [-0.3, -0.25) is 4.79 Å². The molecule has 4 rings (SSSR count). The summed E-state index contributed by atoms with van der Waals surface area (Å²) in [4.78, 5) is 11.8. The number of aliphatic hydroxyl groups excluding tert-OH is 2. The van der Waals surface area contributed by atoms with Gasteiger partial charge in [-0.25, -0.2) is 0 Å². The van der Waals surface area contributed by atoms with Crippen LogP contribution in [0.1, 0.15) is 58.8 Å². The maximum absolute atomic E-state index is 11.8. The van der Waals surface area contributed by atoms with E-state index >= 15 is 0 Å². The lowest BCUT2D eigenvalue weighted by Gasteiger charge is -2.59. The van der Waals surface area contributed by atoms with E-state index in [1.807, 2.05) is 6.08 Å². The molecule has 0 radical (unpaired) electrons. The van der Waals surface area contributed by atoms with Crippen LogP contribution in [0.2, 0.25) is 0 Å². The zero-order chi connectivity index (χ0) is 15.7. The first-order valence-corrected chi connectivity index (χ1v) is 8.96. The normalized spacial score (nSPS) is 54.3. The van der Waals surface area contributed by atoms with Gasteiger partial charge in [0, 0.05) is 6.42 Å². The Balaban J connectivity index is 1.74. The van der Waals surface area contributed by atoms with Crippen molar-refractivity contribution >= 4 is 5.78 Å². The first-order valence-electron chi connectivity index (χ1n) is 8.96. The number of hydrogen-bond acceptors (Lipinski definition) is 3. The van der Waals surface area contributed by atoms with Crippen molar-refractivity contribution in [3.05, 3.63) is 11.6 Å². The van der Waals surface area contributed by atoms with E-state index in [2.05, 4.69) is 13.8 Å². The van der Waals surface area contributed by atoms with Crippen LogP contribution < -0.4 is 0 Å². The van der Waals surface area contributed by atoms with Crippen LogP contribution in [-0.4, -0.2) is 28.2 Å². The van der Waals surface area contributed by atoms with E-state index in [4.69, 9.17) is 0 Å². The van der Waals surface area contributed by atoms with Gasteiger partial charge in [0.15, 0.2) is 5.78 Å². The molecule has 0 aromatic rings. The van der Waals surface area contributed by atoms with E-state index in [1.54, 1.807) is 0 Å². The molecule has 0 spiro atoms. The summed E-state index contributed by atoms with van der Waals surface area (Å²) in [7, 11) is 0. The second-order valence-electron chi connectivity index (χ2n) is 8.76. The summed E-state index contributed by atoms with van der Waals surface area (Å²) in [5.74, 6) is 1.56. The smallest absolute Gasteiger partial charge is 0.155 e. The van der Waals surface area contributed by atoms with Crippen molar-refractivity contribution in [3.8, 4) is 0 Å². The fourth-order valence-corrected chi connectivity index (χ4v) is 6.66. The minimum atomic E-state index is -0.346. The standard InChI is InChI=1S/C19H28O3/c1-18-8-7-12(20)9-11(18)3-4-13-14-5-6-16(22)19(14,2)10-15(21)17(13)18/h9,13-17,21-22H,3-8,10H2,1-2H3/t13-,14+,15-,16+,17+,18+,19+/m1/s1. The Morgan fingerprint density at radius 3 is 2.68 bits per heavy atom. The second kappa shape index (κ2) is 4.67. The average Bonchev–Trinajstić information content (AvgIpc) is 2.75. The summed E-state index contributed by atoms with van der Waals surface area (Å²) in [6.07, 6.45) is 7.56. The molecule has 0 aliphatic heterocycles. The predicted molar refractivity (Wildman–Crippen MR) is 84.1 cm³/mol. The zero-order valence-electron chi connectivity index (χ0n) is 13.7. The zero-order valence-corrected chi connectivity index (χ0v) is 13.7. The first kappa shape index (κ1) is 14.9. The number of fused-ring (bicyclic) bond motifs is 5. The van der Waals surface area contributed by atoms with Crippen molar-refractivity contribution in [2.45, 2.75) is 71.0 Å². The summed E-state index contributed by atoms with van der Waals surface area (Å²) in [5.41, 5.74) is 1.17. The van der Waals surface area contributed by atoms with Gasteiger partial charge in [0.05, 0.1) is 12.2 Å². The van der Waals surface area contributed by atoms with E-state index in [0.29, 0.717) is 18.3 Å². The van der Waals surface area contributed by atoms with Crippen LogP contribution in [0.5, 0.6) is 0 Å². The lowest BCUT2D eigenvalue weighted by Crippen LogP contribution is -2.57. The van der Waals surface area contributed by atoms with Gasteiger partial charge in [-0.1, -0.05) is 19.4 Å². The van der Waals surface area contributed by atoms with Crippen LogP contribution in [0, 0.1) is 28.6 Å². The summed E-state index contributed by atoms with van der Waals surface area (Å²) in [5, 5.41) is 21.4. The third-order valence-corrected chi connectivity index (χ3v) is 7.84. The Labute approximate surface area is 132 Å². The average molecular weight is 304 g/mol. The predicted octanol–water partition coefficient (Wildman–Crippen LogP) is 2.85. The summed E-state index contributed by atoms with van der Waals surface area (Å²) < 4.78 is 0. The molecule has 4 aliphatic rings. The molecule has 22 heavy (non-hydrogen) atoms. The van der Waals surface area contributed by atoms with Gasteiger partial charge >= 0.3 is 0 Å². The molecule has 7 atom stereocenters. The fraction of sp³-hybridized carbons (Fsp3) is 0.842. The lowest BCUT2D eigenvalue weighted by molar-refractivity contribution is -0.142. The topological polar surface area (TPSA) is 57.5 Å². The van der Waals surface area contributed by atoms with E-state index in [1.165, 1.54) is 5.57 Å².